The van der Waals surface area contributed by atoms with Gasteiger partial charge in [0.2, 0.25) is 0 Å². The van der Waals surface area contributed by atoms with E-state index in [1.807, 2.05) is 36.4 Å². The van der Waals surface area contributed by atoms with Crippen LogP contribution in [-0.2, 0) is 0 Å². The van der Waals surface area contributed by atoms with Gasteiger partial charge in [0, 0.05) is 4.91 Å². The summed E-state index contributed by atoms with van der Waals surface area (Å²) in [6.45, 7) is 3.67. The van der Waals surface area contributed by atoms with Crippen molar-refractivity contribution in [2.75, 3.05) is 0 Å². The Labute approximate surface area is 90.1 Å². The highest BCUT2D eigenvalue weighted by atomic mass is 15.1. The number of rotatable bonds is 6. The van der Waals surface area contributed by atoms with Crippen molar-refractivity contribution >= 4 is 0 Å². The van der Waals surface area contributed by atoms with Crippen LogP contribution < -0.4 is 0 Å². The monoisotopic (exact) mass is 201 g/mol. The molecule has 0 radical (unpaired) electrons. The maximum atomic E-state index is 8.49. The van der Waals surface area contributed by atoms with E-state index in [1.54, 1.807) is 0 Å². The first-order valence-electron chi connectivity index (χ1n) is 5.08. The maximum absolute atomic E-state index is 8.49. The van der Waals surface area contributed by atoms with Crippen LogP contribution in [0.1, 0.15) is 30.9 Å². The van der Waals surface area contributed by atoms with Crippen molar-refractivity contribution in [3.8, 4) is 0 Å². The molecule has 1 unspecified atom stereocenters. The molecule has 1 rings (SSSR count). The molecule has 0 saturated carbocycles. The molecule has 0 N–H and O–H groups in total. The van der Waals surface area contributed by atoms with Crippen LogP contribution in [0.5, 0.6) is 0 Å². The Kier molecular flexibility index (Phi) is 5.06. The van der Waals surface area contributed by atoms with Crippen LogP contribution in [0.25, 0.3) is 10.4 Å². The number of unbranched alkanes of at least 4 members (excludes halogenated alkanes) is 1. The topological polar surface area (TPSA) is 48.8 Å². The summed E-state index contributed by atoms with van der Waals surface area (Å²) in [7, 11) is 0. The first-order valence-corrected chi connectivity index (χ1v) is 5.08. The van der Waals surface area contributed by atoms with Gasteiger partial charge < -0.3 is 0 Å². The Balaban J connectivity index is 2.66. The molecule has 0 heterocycles. The van der Waals surface area contributed by atoms with Crippen molar-refractivity contribution in [3.63, 3.8) is 0 Å². The second-order valence-corrected chi connectivity index (χ2v) is 3.35. The van der Waals surface area contributed by atoms with Gasteiger partial charge in [-0.1, -0.05) is 41.5 Å². The van der Waals surface area contributed by atoms with E-state index >= 15 is 0 Å². The molecule has 0 aliphatic heterocycles. The summed E-state index contributed by atoms with van der Waals surface area (Å²) in [5, 5.41) is 3.81. The van der Waals surface area contributed by atoms with Crippen molar-refractivity contribution in [1.29, 1.82) is 0 Å². The van der Waals surface area contributed by atoms with E-state index in [9.17, 15) is 0 Å². The molecule has 0 aliphatic carbocycles. The minimum atomic E-state index is -0.0452. The SMILES string of the molecule is C=CCCCC(N=[N+]=[N-])c1ccccc1. The number of benzene rings is 1. The fourth-order valence-corrected chi connectivity index (χ4v) is 1.48. The lowest BCUT2D eigenvalue weighted by Crippen LogP contribution is -1.93. The molecule has 3 nitrogen and oxygen atoms in total. The Morgan fingerprint density at radius 2 is 2.13 bits per heavy atom. The zero-order valence-corrected chi connectivity index (χ0v) is 8.71. The van der Waals surface area contributed by atoms with Gasteiger partial charge >= 0.3 is 0 Å². The maximum Gasteiger partial charge on any atom is 0.0625 e. The number of nitrogens with zero attached hydrogens (tertiary/aromatic N) is 3. The lowest BCUT2D eigenvalue weighted by Gasteiger charge is -2.10. The summed E-state index contributed by atoms with van der Waals surface area (Å²) in [5.74, 6) is 0. The fraction of sp³-hybridized carbons (Fsp3) is 0.333. The van der Waals surface area contributed by atoms with E-state index in [4.69, 9.17) is 5.53 Å². The van der Waals surface area contributed by atoms with Crippen LogP contribution in [0.2, 0.25) is 0 Å². The van der Waals surface area contributed by atoms with Crippen molar-refractivity contribution in [2.45, 2.75) is 25.3 Å². The van der Waals surface area contributed by atoms with Crippen LogP contribution in [-0.4, -0.2) is 0 Å². The standard InChI is InChI=1S/C12H15N3/c1-2-3-5-10-12(14-15-13)11-8-6-4-7-9-11/h2,4,6-9,12H,1,3,5,10H2. The van der Waals surface area contributed by atoms with Crippen molar-refractivity contribution in [3.05, 3.63) is 59.0 Å². The van der Waals surface area contributed by atoms with Gasteiger partial charge in [-0.25, -0.2) is 0 Å². The van der Waals surface area contributed by atoms with Crippen molar-refractivity contribution in [2.24, 2.45) is 5.11 Å². The molecular weight excluding hydrogens is 186 g/mol. The summed E-state index contributed by atoms with van der Waals surface area (Å²) < 4.78 is 0. The Bertz CT molecular complexity index is 339. The number of azide groups is 1. The lowest BCUT2D eigenvalue weighted by molar-refractivity contribution is 0.614. The minimum Gasteiger partial charge on any atom is -0.103 e. The molecule has 1 aromatic carbocycles. The van der Waals surface area contributed by atoms with Gasteiger partial charge in [0.05, 0.1) is 6.04 Å². The van der Waals surface area contributed by atoms with Gasteiger partial charge in [0.1, 0.15) is 0 Å². The summed E-state index contributed by atoms with van der Waals surface area (Å²) >= 11 is 0. The normalized spacial score (nSPS) is 11.5. The van der Waals surface area contributed by atoms with Crippen LogP contribution in [0.3, 0.4) is 0 Å². The predicted octanol–water partition coefficient (Wildman–Crippen LogP) is 4.39. The van der Waals surface area contributed by atoms with Crippen LogP contribution in [0.15, 0.2) is 48.1 Å². The summed E-state index contributed by atoms with van der Waals surface area (Å²) in [6.07, 6.45) is 4.73. The van der Waals surface area contributed by atoms with E-state index < -0.39 is 0 Å². The summed E-state index contributed by atoms with van der Waals surface area (Å²) in [6, 6.07) is 9.82. The average molecular weight is 201 g/mol. The highest BCUT2D eigenvalue weighted by Gasteiger charge is 2.07. The second-order valence-electron chi connectivity index (χ2n) is 3.35. The Morgan fingerprint density at radius 1 is 1.40 bits per heavy atom. The molecule has 78 valence electrons. The van der Waals surface area contributed by atoms with Crippen LogP contribution in [0.4, 0.5) is 0 Å². The van der Waals surface area contributed by atoms with Crippen molar-refractivity contribution < 1.29 is 0 Å². The zero-order valence-electron chi connectivity index (χ0n) is 8.71. The molecule has 0 spiro atoms. The lowest BCUT2D eigenvalue weighted by atomic mass is 10.0. The third kappa shape index (κ3) is 3.88. The van der Waals surface area contributed by atoms with E-state index in [0.717, 1.165) is 24.8 Å². The zero-order chi connectivity index (χ0) is 10.9. The first kappa shape index (κ1) is 11.3. The van der Waals surface area contributed by atoms with Crippen LogP contribution >= 0.6 is 0 Å². The van der Waals surface area contributed by atoms with Crippen LogP contribution in [0, 0.1) is 0 Å². The summed E-state index contributed by atoms with van der Waals surface area (Å²) in [4.78, 5) is 2.89. The predicted molar refractivity (Wildman–Crippen MR) is 62.4 cm³/mol. The van der Waals surface area contributed by atoms with Gasteiger partial charge in [0.15, 0.2) is 0 Å². The number of allylic oxidation sites excluding steroid dienone is 1. The highest BCUT2D eigenvalue weighted by molar-refractivity contribution is 5.18. The molecule has 0 saturated heterocycles. The van der Waals surface area contributed by atoms with E-state index in [1.165, 1.54) is 0 Å². The number of hydrogen-bond donors (Lipinski definition) is 0. The van der Waals surface area contributed by atoms with Gasteiger partial charge in [-0.05, 0) is 30.4 Å². The summed E-state index contributed by atoms with van der Waals surface area (Å²) in [5.41, 5.74) is 9.58. The smallest absolute Gasteiger partial charge is 0.0625 e. The van der Waals surface area contributed by atoms with Gasteiger partial charge in [-0.15, -0.1) is 6.58 Å². The Hall–Kier alpha value is -1.73. The molecule has 3 heteroatoms. The molecule has 0 aliphatic rings. The van der Waals surface area contributed by atoms with Gasteiger partial charge in [-0.3, -0.25) is 0 Å². The quantitative estimate of drug-likeness (QED) is 0.215. The highest BCUT2D eigenvalue weighted by Crippen LogP contribution is 2.23. The van der Waals surface area contributed by atoms with E-state index in [2.05, 4.69) is 16.6 Å². The minimum absolute atomic E-state index is 0.0452. The molecule has 0 fully saturated rings. The average Bonchev–Trinajstić information content (AvgIpc) is 2.29. The molecular formula is C12H15N3. The number of hydrogen-bond acceptors (Lipinski definition) is 1. The molecule has 1 aromatic rings. The van der Waals surface area contributed by atoms with E-state index in [0.29, 0.717) is 0 Å². The van der Waals surface area contributed by atoms with E-state index in [-0.39, 0.29) is 6.04 Å². The van der Waals surface area contributed by atoms with Gasteiger partial charge in [-0.2, -0.15) is 0 Å². The molecule has 0 bridgehead atoms. The third-order valence-corrected chi connectivity index (χ3v) is 2.26. The third-order valence-electron chi connectivity index (χ3n) is 2.26. The molecule has 15 heavy (non-hydrogen) atoms. The van der Waals surface area contributed by atoms with Gasteiger partial charge in [0.25, 0.3) is 0 Å². The first-order chi connectivity index (χ1) is 7.38. The fourth-order valence-electron chi connectivity index (χ4n) is 1.48. The van der Waals surface area contributed by atoms with Crippen molar-refractivity contribution in [1.82, 2.24) is 0 Å². The second kappa shape index (κ2) is 6.68. The Morgan fingerprint density at radius 3 is 2.73 bits per heavy atom. The molecule has 1 atom stereocenters. The molecule has 0 amide bonds. The molecule has 0 aromatic heterocycles. The largest absolute Gasteiger partial charge is 0.103 e.